The normalized spacial score (nSPS) is 12.2. The molecule has 0 atom stereocenters. The first kappa shape index (κ1) is 56.4. The van der Waals surface area contributed by atoms with Crippen molar-refractivity contribution in [2.45, 2.75) is 0 Å². The molecule has 0 aliphatic rings. The first-order valence-corrected chi connectivity index (χ1v) is 37.5. The highest BCUT2D eigenvalue weighted by atomic mass is 32.1. The monoisotopic (exact) mass is 1330 g/mol. The molecule has 0 amide bonds. The quantitative estimate of drug-likeness (QED) is 0.140. The van der Waals surface area contributed by atoms with Crippen molar-refractivity contribution in [3.05, 3.63) is 328 Å². The van der Waals surface area contributed by atoms with Crippen LogP contribution in [0, 0.1) is 0 Å². The molecule has 18 aromatic carbocycles. The Bertz CT molecular complexity index is 7150. The predicted molar refractivity (Wildman–Crippen MR) is 441 cm³/mol. The molecule has 100 heavy (non-hydrogen) atoms. The largest absolute Gasteiger partial charge is 0.135 e. The van der Waals surface area contributed by atoms with Crippen LogP contribution in [0.15, 0.2) is 328 Å². The second kappa shape index (κ2) is 22.0. The molecule has 0 aliphatic carbocycles. The summed E-state index contributed by atoms with van der Waals surface area (Å²) in [6.07, 6.45) is 0. The highest BCUT2D eigenvalue weighted by Crippen LogP contribution is 2.54. The first-order chi connectivity index (χ1) is 49.6. The van der Waals surface area contributed by atoms with E-state index in [-0.39, 0.29) is 0 Å². The Morgan fingerprint density at radius 3 is 1.01 bits per heavy atom. The molecule has 22 rings (SSSR count). The Hall–Kier alpha value is -11.6. The molecule has 0 N–H and O–H groups in total. The van der Waals surface area contributed by atoms with E-state index in [1.54, 1.807) is 0 Å². The topological polar surface area (TPSA) is 0 Å². The second-order valence-corrected chi connectivity index (χ2v) is 30.9. The van der Waals surface area contributed by atoms with Crippen LogP contribution in [0.4, 0.5) is 0 Å². The zero-order chi connectivity index (χ0) is 65.3. The number of benzene rings is 18. The molecule has 0 bridgehead atoms. The van der Waals surface area contributed by atoms with Crippen molar-refractivity contribution in [3.63, 3.8) is 0 Å². The molecule has 4 aromatic heterocycles. The van der Waals surface area contributed by atoms with E-state index in [0.29, 0.717) is 0 Å². The maximum atomic E-state index is 2.52. The molecule has 462 valence electrons. The molecule has 0 spiro atoms. The van der Waals surface area contributed by atoms with Crippen LogP contribution in [0.1, 0.15) is 0 Å². The van der Waals surface area contributed by atoms with Crippen LogP contribution >= 0.6 is 45.3 Å². The maximum Gasteiger partial charge on any atom is 0.0441 e. The molecular weight excluding hydrogens is 1280 g/mol. The van der Waals surface area contributed by atoms with Crippen LogP contribution in [0.3, 0.4) is 0 Å². The molecule has 0 nitrogen and oxygen atoms in total. The zero-order valence-corrected chi connectivity index (χ0v) is 57.1. The number of hydrogen-bond acceptors (Lipinski definition) is 4. The average Bonchev–Trinajstić information content (AvgIpc) is 1.50. The van der Waals surface area contributed by atoms with E-state index in [1.165, 1.54) is 223 Å². The Morgan fingerprint density at radius 1 is 0.140 bits per heavy atom. The van der Waals surface area contributed by atoms with Gasteiger partial charge < -0.3 is 0 Å². The van der Waals surface area contributed by atoms with Gasteiger partial charge in [0.15, 0.2) is 0 Å². The van der Waals surface area contributed by atoms with Gasteiger partial charge in [0.2, 0.25) is 0 Å². The van der Waals surface area contributed by atoms with Crippen LogP contribution in [-0.2, 0) is 0 Å². The van der Waals surface area contributed by atoms with Crippen molar-refractivity contribution >= 4 is 191 Å². The summed E-state index contributed by atoms with van der Waals surface area (Å²) in [5.74, 6) is 0. The molecule has 0 saturated carbocycles. The summed E-state index contributed by atoms with van der Waals surface area (Å²) in [4.78, 5) is 0. The summed E-state index contributed by atoms with van der Waals surface area (Å²) in [6.45, 7) is 0. The molecule has 0 saturated heterocycles. The number of hydrogen-bond donors (Lipinski definition) is 0. The molecule has 4 heteroatoms. The van der Waals surface area contributed by atoms with E-state index in [0.717, 1.165) is 0 Å². The van der Waals surface area contributed by atoms with Crippen molar-refractivity contribution in [1.29, 1.82) is 0 Å². The van der Waals surface area contributed by atoms with Crippen molar-refractivity contribution < 1.29 is 0 Å². The Kier molecular flexibility index (Phi) is 12.4. The molecule has 4 heterocycles. The van der Waals surface area contributed by atoms with E-state index in [1.807, 2.05) is 45.3 Å². The Morgan fingerprint density at radius 2 is 0.460 bits per heavy atom. The van der Waals surface area contributed by atoms with Crippen LogP contribution in [0.5, 0.6) is 0 Å². The van der Waals surface area contributed by atoms with Crippen LogP contribution in [0.25, 0.3) is 223 Å². The van der Waals surface area contributed by atoms with Gasteiger partial charge in [0, 0.05) is 102 Å². The third kappa shape index (κ3) is 8.37. The van der Waals surface area contributed by atoms with Gasteiger partial charge in [-0.2, -0.15) is 0 Å². The highest BCUT2D eigenvalue weighted by molar-refractivity contribution is 7.30. The summed E-state index contributed by atoms with van der Waals surface area (Å²) in [5.41, 5.74) is 17.5. The minimum absolute atomic E-state index is 1.22. The molecule has 0 fully saturated rings. The lowest BCUT2D eigenvalue weighted by Crippen LogP contribution is -1.91. The summed E-state index contributed by atoms with van der Waals surface area (Å²) >= 11 is 7.78. The fourth-order valence-corrected chi connectivity index (χ4v) is 22.1. The lowest BCUT2D eigenvalue weighted by Gasteiger charge is -2.18. The van der Waals surface area contributed by atoms with E-state index in [2.05, 4.69) is 328 Å². The van der Waals surface area contributed by atoms with Crippen LogP contribution in [0.2, 0.25) is 0 Å². The van der Waals surface area contributed by atoms with Gasteiger partial charge in [-0.15, -0.1) is 45.3 Å². The molecular formula is C96H54S4. The lowest BCUT2D eigenvalue weighted by molar-refractivity contribution is 1.61. The first-order valence-electron chi connectivity index (χ1n) is 34.3. The fraction of sp³-hybridized carbons (Fsp3) is 0. The lowest BCUT2D eigenvalue weighted by atomic mass is 9.85. The Balaban J connectivity index is 0.669. The van der Waals surface area contributed by atoms with Gasteiger partial charge in [0.05, 0.1) is 0 Å². The number of rotatable bonds is 7. The summed E-state index contributed by atoms with van der Waals surface area (Å²) in [6, 6.07) is 123. The Labute approximate surface area is 591 Å². The van der Waals surface area contributed by atoms with E-state index in [9.17, 15) is 0 Å². The standard InChI is InChI=1S/C96H54S4/c1-3-20-55(21-4-1)57-24-17-26-60(50-57)86-65-28-7-11-32-69(65)88(70-33-12-8-29-66(70)86)62-42-49-84-81(53-62)77-48-47-76-75(93(77)97-84)46-45-74-73-38-19-37-64(92(73)100-94(74)76)59-40-43-78-82(52-59)96-90(79-36-15-16-39-83(79)98-96)91-80-44-41-63(54-85(80)99-95(78)91)89-71-34-13-9-30-67(71)87(68-31-10-14-35-72(68)89)61-27-18-25-58(51-61)56-22-5-2-6-23-56/h1-54H. The van der Waals surface area contributed by atoms with Gasteiger partial charge in [-0.25, -0.2) is 0 Å². The molecule has 0 radical (unpaired) electrons. The smallest absolute Gasteiger partial charge is 0.0441 e. The average molecular weight is 1340 g/mol. The van der Waals surface area contributed by atoms with Gasteiger partial charge in [-0.05, 0) is 163 Å². The van der Waals surface area contributed by atoms with Gasteiger partial charge >= 0.3 is 0 Å². The van der Waals surface area contributed by atoms with Gasteiger partial charge in [-0.3, -0.25) is 0 Å². The molecule has 0 aliphatic heterocycles. The highest BCUT2D eigenvalue weighted by Gasteiger charge is 2.25. The molecule has 22 aromatic rings. The predicted octanol–water partition coefficient (Wildman–Crippen LogP) is 29.7. The van der Waals surface area contributed by atoms with E-state index < -0.39 is 0 Å². The van der Waals surface area contributed by atoms with E-state index in [4.69, 9.17) is 0 Å². The molecule has 0 unspecified atom stereocenters. The third-order valence-corrected chi connectivity index (χ3v) is 26.3. The third-order valence-electron chi connectivity index (χ3n) is 21.4. The van der Waals surface area contributed by atoms with Gasteiger partial charge in [-0.1, -0.05) is 285 Å². The van der Waals surface area contributed by atoms with Crippen LogP contribution in [-0.4, -0.2) is 0 Å². The number of thiophene rings is 4. The van der Waals surface area contributed by atoms with Gasteiger partial charge in [0.25, 0.3) is 0 Å². The SMILES string of the molecule is c1ccc(-c2cccc(-c3c4ccccc4c(-c4ccc5c(c4)sc4c6ccc(-c7cccc8c7sc7c8ccc8c7ccc7c9cc(-c%10c%11ccccc%11c(-c%11cccc(-c%12ccccc%12)c%11)c%11ccccc%10%11)ccc9sc78)cc6c6sc7ccccc7c6c54)c4ccccc34)c2)cc1. The van der Waals surface area contributed by atoms with Crippen LogP contribution < -0.4 is 0 Å². The van der Waals surface area contributed by atoms with E-state index >= 15 is 0 Å². The van der Waals surface area contributed by atoms with Crippen molar-refractivity contribution in [3.8, 4) is 77.9 Å². The van der Waals surface area contributed by atoms with Crippen molar-refractivity contribution in [2.24, 2.45) is 0 Å². The van der Waals surface area contributed by atoms with Crippen molar-refractivity contribution in [2.75, 3.05) is 0 Å². The summed E-state index contributed by atoms with van der Waals surface area (Å²) in [5, 5.41) is 26.0. The minimum Gasteiger partial charge on any atom is -0.135 e. The maximum absolute atomic E-state index is 2.52. The van der Waals surface area contributed by atoms with Crippen molar-refractivity contribution in [1.82, 2.24) is 0 Å². The number of fused-ring (bicyclic) bond motifs is 23. The second-order valence-electron chi connectivity index (χ2n) is 26.7. The summed E-state index contributed by atoms with van der Waals surface area (Å²) < 4.78 is 10.7. The zero-order valence-electron chi connectivity index (χ0n) is 53.8. The minimum atomic E-state index is 1.22. The van der Waals surface area contributed by atoms with Gasteiger partial charge in [0.1, 0.15) is 0 Å². The fourth-order valence-electron chi connectivity index (χ4n) is 17.0. The summed E-state index contributed by atoms with van der Waals surface area (Å²) in [7, 11) is 0.